The van der Waals surface area contributed by atoms with Crippen LogP contribution < -0.4 is 10.7 Å². The molecule has 0 spiro atoms. The fourth-order valence-electron chi connectivity index (χ4n) is 0.698. The van der Waals surface area contributed by atoms with Gasteiger partial charge in [0.2, 0.25) is 5.12 Å². The number of carbonyl (C=O) groups is 1. The molecular weight excluding hydrogens is 196 g/mol. The van der Waals surface area contributed by atoms with Crippen molar-refractivity contribution in [3.05, 3.63) is 34.9 Å². The number of carbonyl (C=O) groups excluding carboxylic acids is 1. The molecule has 0 aliphatic rings. The van der Waals surface area contributed by atoms with E-state index < -0.39 is 0 Å². The number of nitrogens with one attached hydrogen (secondary N) is 1. The minimum absolute atomic E-state index is 0.130. The van der Waals surface area contributed by atoms with E-state index in [0.717, 1.165) is 11.9 Å². The molecule has 0 heterocycles. The zero-order valence-electron chi connectivity index (χ0n) is 6.08. The molecule has 0 saturated carbocycles. The molecule has 3 nitrogen and oxygen atoms in total. The van der Waals surface area contributed by atoms with E-state index in [2.05, 4.69) is 4.83 Å². The van der Waals surface area contributed by atoms with Crippen molar-refractivity contribution in [3.8, 4) is 0 Å². The molecule has 5 heteroatoms. The van der Waals surface area contributed by atoms with Crippen LogP contribution in [0.15, 0.2) is 24.3 Å². The molecule has 0 saturated heterocycles. The topological polar surface area (TPSA) is 55.1 Å². The van der Waals surface area contributed by atoms with Gasteiger partial charge in [-0.2, -0.15) is 4.83 Å². The SMILES string of the molecule is NNSC(=O)c1ccc(Cl)cc1. The highest BCUT2D eigenvalue weighted by atomic mass is 35.5. The van der Waals surface area contributed by atoms with Crippen molar-refractivity contribution in [2.75, 3.05) is 0 Å². The molecule has 0 amide bonds. The van der Waals surface area contributed by atoms with Gasteiger partial charge in [0.15, 0.2) is 0 Å². The van der Waals surface area contributed by atoms with Crippen LogP contribution in [0.25, 0.3) is 0 Å². The Balaban J connectivity index is 2.75. The van der Waals surface area contributed by atoms with Crippen LogP contribution in [-0.2, 0) is 0 Å². The molecule has 0 atom stereocenters. The van der Waals surface area contributed by atoms with Gasteiger partial charge >= 0.3 is 0 Å². The minimum atomic E-state index is -0.130. The first-order valence-corrected chi connectivity index (χ1v) is 4.36. The lowest BCUT2D eigenvalue weighted by atomic mass is 10.2. The van der Waals surface area contributed by atoms with Crippen LogP contribution in [0.1, 0.15) is 10.4 Å². The Morgan fingerprint density at radius 1 is 1.42 bits per heavy atom. The summed E-state index contributed by atoms with van der Waals surface area (Å²) in [6.45, 7) is 0. The lowest BCUT2D eigenvalue weighted by Gasteiger charge is -1.97. The lowest BCUT2D eigenvalue weighted by Crippen LogP contribution is -2.15. The molecule has 0 radical (unpaired) electrons. The Kier molecular flexibility index (Phi) is 3.55. The summed E-state index contributed by atoms with van der Waals surface area (Å²) in [6.07, 6.45) is 0. The van der Waals surface area contributed by atoms with Crippen LogP contribution in [0, 0.1) is 0 Å². The molecule has 1 rings (SSSR count). The first-order chi connectivity index (χ1) is 5.74. The molecule has 3 N–H and O–H groups in total. The van der Waals surface area contributed by atoms with Crippen LogP contribution >= 0.6 is 23.5 Å². The average Bonchev–Trinajstić information content (AvgIpc) is 2.06. The number of hydrazine groups is 1. The van der Waals surface area contributed by atoms with E-state index >= 15 is 0 Å². The van der Waals surface area contributed by atoms with E-state index in [1.807, 2.05) is 0 Å². The van der Waals surface area contributed by atoms with Crippen molar-refractivity contribution in [2.24, 2.45) is 5.84 Å². The Morgan fingerprint density at radius 2 is 2.00 bits per heavy atom. The maximum absolute atomic E-state index is 11.1. The second-order valence-electron chi connectivity index (χ2n) is 2.01. The summed E-state index contributed by atoms with van der Waals surface area (Å²) in [4.78, 5) is 13.3. The third kappa shape index (κ3) is 2.49. The van der Waals surface area contributed by atoms with Gasteiger partial charge in [-0.15, -0.1) is 0 Å². The first-order valence-electron chi connectivity index (χ1n) is 3.16. The maximum atomic E-state index is 11.1. The monoisotopic (exact) mass is 202 g/mol. The third-order valence-corrected chi connectivity index (χ3v) is 2.02. The highest BCUT2D eigenvalue weighted by Gasteiger charge is 2.04. The van der Waals surface area contributed by atoms with Gasteiger partial charge in [-0.05, 0) is 24.3 Å². The van der Waals surface area contributed by atoms with Crippen LogP contribution in [0.4, 0.5) is 0 Å². The van der Waals surface area contributed by atoms with E-state index in [0.29, 0.717) is 10.6 Å². The highest BCUT2D eigenvalue weighted by molar-refractivity contribution is 8.12. The molecule has 0 aliphatic carbocycles. The Labute approximate surface area is 79.4 Å². The van der Waals surface area contributed by atoms with E-state index in [4.69, 9.17) is 17.4 Å². The summed E-state index contributed by atoms with van der Waals surface area (Å²) >= 11 is 6.47. The number of rotatable bonds is 2. The summed E-state index contributed by atoms with van der Waals surface area (Å²) in [5, 5.41) is 0.478. The smallest absolute Gasteiger partial charge is 0.235 e. The Hall–Kier alpha value is -0.550. The molecule has 1 aromatic carbocycles. The molecule has 0 aliphatic heterocycles. The highest BCUT2D eigenvalue weighted by Crippen LogP contribution is 2.13. The minimum Gasteiger partial charge on any atom is -0.280 e. The third-order valence-electron chi connectivity index (χ3n) is 1.23. The number of halogens is 1. The molecule has 0 bridgehead atoms. The molecule has 64 valence electrons. The van der Waals surface area contributed by atoms with Crippen molar-refractivity contribution in [1.82, 2.24) is 4.83 Å². The van der Waals surface area contributed by atoms with Gasteiger partial charge in [0, 0.05) is 22.5 Å². The summed E-state index contributed by atoms with van der Waals surface area (Å²) in [5.74, 6) is 4.96. The number of hydrogen-bond donors (Lipinski definition) is 2. The Morgan fingerprint density at radius 3 is 2.50 bits per heavy atom. The van der Waals surface area contributed by atoms with E-state index in [9.17, 15) is 4.79 Å². The van der Waals surface area contributed by atoms with Crippen LogP contribution in [0.2, 0.25) is 5.02 Å². The van der Waals surface area contributed by atoms with Crippen molar-refractivity contribution < 1.29 is 4.79 Å². The molecule has 0 aromatic heterocycles. The van der Waals surface area contributed by atoms with Crippen molar-refractivity contribution >= 4 is 28.7 Å². The fourth-order valence-corrected chi connectivity index (χ4v) is 1.19. The maximum Gasteiger partial charge on any atom is 0.235 e. The van der Waals surface area contributed by atoms with Crippen molar-refractivity contribution in [1.29, 1.82) is 0 Å². The van der Waals surface area contributed by atoms with Crippen molar-refractivity contribution in [2.45, 2.75) is 0 Å². The standard InChI is InChI=1S/C7H7ClN2OS/c8-6-3-1-5(2-4-6)7(11)12-10-9/h1-4,10H,9H2. The van der Waals surface area contributed by atoms with E-state index in [1.54, 1.807) is 24.3 Å². The normalized spacial score (nSPS) is 9.83. The lowest BCUT2D eigenvalue weighted by molar-refractivity contribution is 0.108. The molecule has 0 unspecified atom stereocenters. The average molecular weight is 203 g/mol. The molecular formula is C7H7ClN2OS. The number of benzene rings is 1. The van der Waals surface area contributed by atoms with Gasteiger partial charge in [-0.3, -0.25) is 10.6 Å². The summed E-state index contributed by atoms with van der Waals surface area (Å²) in [6, 6.07) is 6.61. The fraction of sp³-hybridized carbons (Fsp3) is 0. The van der Waals surface area contributed by atoms with Gasteiger partial charge in [-0.25, -0.2) is 0 Å². The summed E-state index contributed by atoms with van der Waals surface area (Å²) in [7, 11) is 0. The van der Waals surface area contributed by atoms with E-state index in [-0.39, 0.29) is 5.12 Å². The van der Waals surface area contributed by atoms with Crippen LogP contribution in [0.3, 0.4) is 0 Å². The molecule has 1 aromatic rings. The van der Waals surface area contributed by atoms with Crippen molar-refractivity contribution in [3.63, 3.8) is 0 Å². The first kappa shape index (κ1) is 9.54. The predicted octanol–water partition coefficient (Wildman–Crippen LogP) is 1.59. The van der Waals surface area contributed by atoms with E-state index in [1.165, 1.54) is 0 Å². The molecule has 0 fully saturated rings. The largest absolute Gasteiger partial charge is 0.280 e. The zero-order chi connectivity index (χ0) is 8.97. The van der Waals surface area contributed by atoms with Gasteiger partial charge in [0.05, 0.1) is 0 Å². The number of hydrogen-bond acceptors (Lipinski definition) is 4. The second-order valence-corrected chi connectivity index (χ2v) is 3.26. The van der Waals surface area contributed by atoms with Gasteiger partial charge in [0.25, 0.3) is 0 Å². The quantitative estimate of drug-likeness (QED) is 0.435. The zero-order valence-corrected chi connectivity index (χ0v) is 7.65. The molecule has 12 heavy (non-hydrogen) atoms. The second kappa shape index (κ2) is 4.47. The van der Waals surface area contributed by atoms with Crippen LogP contribution in [-0.4, -0.2) is 5.12 Å². The predicted molar refractivity (Wildman–Crippen MR) is 50.7 cm³/mol. The van der Waals surface area contributed by atoms with Crippen LogP contribution in [0.5, 0.6) is 0 Å². The Bertz CT molecular complexity index is 275. The van der Waals surface area contributed by atoms with Gasteiger partial charge in [0.1, 0.15) is 0 Å². The van der Waals surface area contributed by atoms with Gasteiger partial charge in [-0.1, -0.05) is 11.6 Å². The summed E-state index contributed by atoms with van der Waals surface area (Å²) < 4.78 is 0. The summed E-state index contributed by atoms with van der Waals surface area (Å²) in [5.41, 5.74) is 0.572. The number of nitrogens with two attached hydrogens (primary N) is 1. The van der Waals surface area contributed by atoms with Gasteiger partial charge < -0.3 is 0 Å².